The molecule has 1 N–H and O–H groups in total. The van der Waals surface area contributed by atoms with E-state index in [1.54, 1.807) is 11.3 Å². The predicted octanol–water partition coefficient (Wildman–Crippen LogP) is 4.51. The van der Waals surface area contributed by atoms with Crippen molar-refractivity contribution in [1.82, 2.24) is 4.98 Å². The van der Waals surface area contributed by atoms with Crippen molar-refractivity contribution in [2.24, 2.45) is 5.92 Å². The molecule has 2 atom stereocenters. The van der Waals surface area contributed by atoms with Crippen LogP contribution in [-0.4, -0.2) is 16.9 Å². The molecular formula is C14H17ClN2S. The van der Waals surface area contributed by atoms with Crippen molar-refractivity contribution >= 4 is 38.8 Å². The van der Waals surface area contributed by atoms with E-state index < -0.39 is 0 Å². The van der Waals surface area contributed by atoms with Gasteiger partial charge in [-0.25, -0.2) is 4.98 Å². The Morgan fingerprint density at radius 2 is 2.22 bits per heavy atom. The topological polar surface area (TPSA) is 24.9 Å². The molecule has 3 rings (SSSR count). The Bertz CT molecular complexity index is 525. The third-order valence-electron chi connectivity index (χ3n) is 3.81. The van der Waals surface area contributed by atoms with Gasteiger partial charge < -0.3 is 5.32 Å². The van der Waals surface area contributed by atoms with Gasteiger partial charge in [0.25, 0.3) is 0 Å². The number of fused-ring (bicyclic) bond motifs is 1. The van der Waals surface area contributed by atoms with E-state index in [0.29, 0.717) is 12.0 Å². The number of hydrogen-bond acceptors (Lipinski definition) is 3. The van der Waals surface area contributed by atoms with Crippen LogP contribution in [0, 0.1) is 5.92 Å². The summed E-state index contributed by atoms with van der Waals surface area (Å²) in [5.41, 5.74) is 0. The number of aromatic nitrogens is 1. The van der Waals surface area contributed by atoms with Crippen molar-refractivity contribution in [2.75, 3.05) is 11.2 Å². The number of halogens is 1. The zero-order valence-electron chi connectivity index (χ0n) is 10.2. The average Bonchev–Trinajstić information content (AvgIpc) is 2.89. The predicted molar refractivity (Wildman–Crippen MR) is 79.7 cm³/mol. The van der Waals surface area contributed by atoms with Gasteiger partial charge in [0, 0.05) is 28.2 Å². The van der Waals surface area contributed by atoms with Gasteiger partial charge in [0.15, 0.2) is 0 Å². The summed E-state index contributed by atoms with van der Waals surface area (Å²) in [7, 11) is 0. The minimum atomic E-state index is 0.481. The molecule has 2 aromatic heterocycles. The molecule has 96 valence electrons. The third kappa shape index (κ3) is 2.34. The Morgan fingerprint density at radius 3 is 3.11 bits per heavy atom. The Morgan fingerprint density at radius 1 is 1.33 bits per heavy atom. The first kappa shape index (κ1) is 12.2. The van der Waals surface area contributed by atoms with Crippen LogP contribution in [0.5, 0.6) is 0 Å². The lowest BCUT2D eigenvalue weighted by Crippen LogP contribution is -2.33. The molecule has 2 aromatic rings. The molecule has 1 aliphatic carbocycles. The second kappa shape index (κ2) is 5.45. The fourth-order valence-electron chi connectivity index (χ4n) is 2.77. The first-order chi connectivity index (χ1) is 8.88. The molecule has 1 saturated carbocycles. The summed E-state index contributed by atoms with van der Waals surface area (Å²) in [5, 5.41) is 6.98. The lowest BCUT2D eigenvalue weighted by Gasteiger charge is -2.31. The van der Waals surface area contributed by atoms with E-state index in [9.17, 15) is 0 Å². The van der Waals surface area contributed by atoms with Crippen LogP contribution in [0.4, 0.5) is 5.82 Å². The van der Waals surface area contributed by atoms with Crippen LogP contribution in [0.2, 0.25) is 0 Å². The number of nitrogens with one attached hydrogen (secondary N) is 1. The maximum absolute atomic E-state index is 6.08. The fourth-order valence-corrected chi connectivity index (χ4v) is 3.92. The Labute approximate surface area is 116 Å². The normalized spacial score (nSPS) is 24.3. The fraction of sp³-hybridized carbons (Fsp3) is 0.500. The Hall–Kier alpha value is -0.800. The summed E-state index contributed by atoms with van der Waals surface area (Å²) < 4.78 is 1.30. The van der Waals surface area contributed by atoms with E-state index in [4.69, 9.17) is 11.6 Å². The summed E-state index contributed by atoms with van der Waals surface area (Å²) in [6, 6.07) is 4.70. The number of nitrogens with zero attached hydrogens (tertiary/aromatic N) is 1. The van der Waals surface area contributed by atoms with Gasteiger partial charge in [-0.2, -0.15) is 0 Å². The van der Waals surface area contributed by atoms with E-state index in [1.807, 2.05) is 6.20 Å². The van der Waals surface area contributed by atoms with Gasteiger partial charge in [-0.05, 0) is 36.3 Å². The molecule has 0 aromatic carbocycles. The molecule has 18 heavy (non-hydrogen) atoms. The molecule has 2 unspecified atom stereocenters. The van der Waals surface area contributed by atoms with Gasteiger partial charge in [0.2, 0.25) is 0 Å². The summed E-state index contributed by atoms with van der Waals surface area (Å²) in [4.78, 5) is 4.49. The van der Waals surface area contributed by atoms with Crippen molar-refractivity contribution in [3.05, 3.63) is 23.7 Å². The molecule has 1 fully saturated rings. The zero-order chi connectivity index (χ0) is 12.4. The largest absolute Gasteiger partial charge is 0.366 e. The minimum Gasteiger partial charge on any atom is -0.366 e. The lowest BCUT2D eigenvalue weighted by atomic mass is 9.86. The lowest BCUT2D eigenvalue weighted by molar-refractivity contribution is 0.353. The van der Waals surface area contributed by atoms with Crippen LogP contribution in [0.1, 0.15) is 25.7 Å². The highest BCUT2D eigenvalue weighted by atomic mass is 35.5. The maximum atomic E-state index is 6.08. The first-order valence-electron chi connectivity index (χ1n) is 6.53. The third-order valence-corrected chi connectivity index (χ3v) is 5.09. The summed E-state index contributed by atoms with van der Waals surface area (Å²) >= 11 is 7.84. The SMILES string of the molecule is ClCC1CCCCC1Nc1nccc2sccc12. The number of pyridine rings is 1. The number of alkyl halides is 1. The van der Waals surface area contributed by atoms with Gasteiger partial charge in [-0.3, -0.25) is 0 Å². The van der Waals surface area contributed by atoms with E-state index >= 15 is 0 Å². The van der Waals surface area contributed by atoms with E-state index in [-0.39, 0.29) is 0 Å². The van der Waals surface area contributed by atoms with Crippen molar-refractivity contribution in [3.63, 3.8) is 0 Å². The second-order valence-corrected chi connectivity index (χ2v) is 6.20. The van der Waals surface area contributed by atoms with Crippen LogP contribution in [0.25, 0.3) is 10.1 Å². The molecule has 0 bridgehead atoms. The van der Waals surface area contributed by atoms with E-state index in [2.05, 4.69) is 27.8 Å². The molecule has 0 radical (unpaired) electrons. The highest BCUT2D eigenvalue weighted by Gasteiger charge is 2.24. The zero-order valence-corrected chi connectivity index (χ0v) is 11.8. The first-order valence-corrected chi connectivity index (χ1v) is 7.94. The number of rotatable bonds is 3. The average molecular weight is 281 g/mol. The van der Waals surface area contributed by atoms with Gasteiger partial charge >= 0.3 is 0 Å². The van der Waals surface area contributed by atoms with E-state index in [0.717, 1.165) is 11.7 Å². The Kier molecular flexibility index (Phi) is 3.71. The standard InChI is InChI=1S/C14H17ClN2S/c15-9-10-3-1-2-4-12(10)17-14-11-6-8-18-13(11)5-7-16-14/h5-8,10,12H,1-4,9H2,(H,16,17). The number of anilines is 1. The van der Waals surface area contributed by atoms with E-state index in [1.165, 1.54) is 35.8 Å². The minimum absolute atomic E-state index is 0.481. The number of hydrogen-bond donors (Lipinski definition) is 1. The number of thiophene rings is 1. The van der Waals surface area contributed by atoms with Crippen LogP contribution >= 0.6 is 22.9 Å². The van der Waals surface area contributed by atoms with Crippen molar-refractivity contribution in [1.29, 1.82) is 0 Å². The molecule has 0 amide bonds. The van der Waals surface area contributed by atoms with Gasteiger partial charge in [-0.15, -0.1) is 22.9 Å². The van der Waals surface area contributed by atoms with Crippen LogP contribution in [-0.2, 0) is 0 Å². The van der Waals surface area contributed by atoms with Gasteiger partial charge in [-0.1, -0.05) is 12.8 Å². The van der Waals surface area contributed by atoms with Crippen LogP contribution in [0.3, 0.4) is 0 Å². The van der Waals surface area contributed by atoms with Gasteiger partial charge in [0.05, 0.1) is 0 Å². The summed E-state index contributed by atoms with van der Waals surface area (Å²) in [5.74, 6) is 2.35. The van der Waals surface area contributed by atoms with Crippen LogP contribution < -0.4 is 5.32 Å². The summed E-state index contributed by atoms with van der Waals surface area (Å²) in [6.45, 7) is 0. The summed E-state index contributed by atoms with van der Waals surface area (Å²) in [6.07, 6.45) is 6.94. The Balaban J connectivity index is 1.84. The highest BCUT2D eigenvalue weighted by molar-refractivity contribution is 7.17. The van der Waals surface area contributed by atoms with Crippen molar-refractivity contribution < 1.29 is 0 Å². The highest BCUT2D eigenvalue weighted by Crippen LogP contribution is 2.31. The molecule has 0 aliphatic heterocycles. The van der Waals surface area contributed by atoms with Crippen LogP contribution in [0.15, 0.2) is 23.7 Å². The molecule has 4 heteroatoms. The maximum Gasteiger partial charge on any atom is 0.134 e. The van der Waals surface area contributed by atoms with Crippen molar-refractivity contribution in [3.8, 4) is 0 Å². The van der Waals surface area contributed by atoms with Gasteiger partial charge in [0.1, 0.15) is 5.82 Å². The molecule has 2 heterocycles. The smallest absolute Gasteiger partial charge is 0.134 e. The molecule has 0 saturated heterocycles. The second-order valence-electron chi connectivity index (χ2n) is 4.94. The monoisotopic (exact) mass is 280 g/mol. The molecule has 0 spiro atoms. The quantitative estimate of drug-likeness (QED) is 0.837. The molecule has 1 aliphatic rings. The molecule has 2 nitrogen and oxygen atoms in total. The van der Waals surface area contributed by atoms with Crippen molar-refractivity contribution in [2.45, 2.75) is 31.7 Å². The molecular weight excluding hydrogens is 264 g/mol.